The van der Waals surface area contributed by atoms with Gasteiger partial charge in [0.2, 0.25) is 0 Å². The molecule has 2 rings (SSSR count). The number of hydrogen-bond acceptors (Lipinski definition) is 3. The Hall–Kier alpha value is -0.610. The number of pyridine rings is 1. The van der Waals surface area contributed by atoms with Crippen molar-refractivity contribution < 1.29 is 4.74 Å². The van der Waals surface area contributed by atoms with Gasteiger partial charge in [-0.1, -0.05) is 0 Å². The highest BCUT2D eigenvalue weighted by molar-refractivity contribution is 9.10. The van der Waals surface area contributed by atoms with E-state index in [0.717, 1.165) is 36.2 Å². The monoisotopic (exact) mass is 270 g/mol. The van der Waals surface area contributed by atoms with Gasteiger partial charge in [0, 0.05) is 23.8 Å². The van der Waals surface area contributed by atoms with E-state index < -0.39 is 0 Å². The summed E-state index contributed by atoms with van der Waals surface area (Å²) in [6.45, 7) is 2.23. The molecule has 1 aliphatic rings. The smallest absolute Gasteiger partial charge is 0.139 e. The highest BCUT2D eigenvalue weighted by atomic mass is 79.9. The average Bonchev–Trinajstić information content (AvgIpc) is 2.22. The van der Waals surface area contributed by atoms with Crippen LogP contribution in [0.25, 0.3) is 0 Å². The molecule has 4 heteroatoms. The Balaban J connectivity index is 1.92. The van der Waals surface area contributed by atoms with Crippen LogP contribution in [-0.2, 0) is 0 Å². The zero-order valence-corrected chi connectivity index (χ0v) is 10.4. The summed E-state index contributed by atoms with van der Waals surface area (Å²) in [5.74, 6) is 0.860. The van der Waals surface area contributed by atoms with Crippen LogP contribution >= 0.6 is 15.9 Å². The van der Waals surface area contributed by atoms with E-state index in [1.165, 1.54) is 0 Å². The standard InChI is InChI=1S/C11H15BrN2O/c1-14-4-2-10(3-5-14)15-11-6-9(12)7-13-8-11/h6-8,10H,2-5H2,1H3. The molecule has 0 radical (unpaired) electrons. The molecule has 0 saturated carbocycles. The Kier molecular flexibility index (Phi) is 3.59. The number of piperidine rings is 1. The van der Waals surface area contributed by atoms with Gasteiger partial charge in [-0.3, -0.25) is 4.98 Å². The average molecular weight is 271 g/mol. The van der Waals surface area contributed by atoms with E-state index in [1.54, 1.807) is 12.4 Å². The van der Waals surface area contributed by atoms with Crippen LogP contribution < -0.4 is 4.74 Å². The van der Waals surface area contributed by atoms with Crippen molar-refractivity contribution in [3.8, 4) is 5.75 Å². The van der Waals surface area contributed by atoms with E-state index in [9.17, 15) is 0 Å². The van der Waals surface area contributed by atoms with Crippen LogP contribution in [0.1, 0.15) is 12.8 Å². The van der Waals surface area contributed by atoms with E-state index >= 15 is 0 Å². The third kappa shape index (κ3) is 3.18. The highest BCUT2D eigenvalue weighted by Gasteiger charge is 2.17. The molecule has 0 spiro atoms. The molecule has 0 bridgehead atoms. The lowest BCUT2D eigenvalue weighted by molar-refractivity contribution is 0.114. The van der Waals surface area contributed by atoms with Gasteiger partial charge in [0.15, 0.2) is 0 Å². The Bertz CT molecular complexity index is 324. The number of nitrogens with zero attached hydrogens (tertiary/aromatic N) is 2. The van der Waals surface area contributed by atoms with Gasteiger partial charge in [-0.05, 0) is 41.9 Å². The second kappa shape index (κ2) is 4.94. The number of ether oxygens (including phenoxy) is 1. The predicted octanol–water partition coefficient (Wildman–Crippen LogP) is 2.32. The lowest BCUT2D eigenvalue weighted by Gasteiger charge is -2.29. The minimum Gasteiger partial charge on any atom is -0.489 e. The lowest BCUT2D eigenvalue weighted by Crippen LogP contribution is -2.35. The van der Waals surface area contributed by atoms with Crippen LogP contribution in [0.15, 0.2) is 22.9 Å². The number of likely N-dealkylation sites (tertiary alicyclic amines) is 1. The van der Waals surface area contributed by atoms with Gasteiger partial charge in [-0.25, -0.2) is 0 Å². The second-order valence-electron chi connectivity index (χ2n) is 3.96. The molecule has 0 aromatic carbocycles. The molecule has 0 atom stereocenters. The van der Waals surface area contributed by atoms with Crippen LogP contribution in [0.5, 0.6) is 5.75 Å². The topological polar surface area (TPSA) is 25.4 Å². The summed E-state index contributed by atoms with van der Waals surface area (Å²) in [6.07, 6.45) is 6.08. The minimum absolute atomic E-state index is 0.345. The molecule has 3 nitrogen and oxygen atoms in total. The highest BCUT2D eigenvalue weighted by Crippen LogP contribution is 2.20. The SMILES string of the molecule is CN1CCC(Oc2cncc(Br)c2)CC1. The number of aromatic nitrogens is 1. The van der Waals surface area contributed by atoms with Crippen LogP contribution in [0, 0.1) is 0 Å². The maximum Gasteiger partial charge on any atom is 0.139 e. The zero-order chi connectivity index (χ0) is 10.7. The number of hydrogen-bond donors (Lipinski definition) is 0. The first-order valence-corrected chi connectivity index (χ1v) is 5.99. The first kappa shape index (κ1) is 10.9. The van der Waals surface area contributed by atoms with Gasteiger partial charge >= 0.3 is 0 Å². The molecular formula is C11H15BrN2O. The van der Waals surface area contributed by atoms with Crippen molar-refractivity contribution in [2.24, 2.45) is 0 Å². The zero-order valence-electron chi connectivity index (χ0n) is 8.82. The summed E-state index contributed by atoms with van der Waals surface area (Å²) in [7, 11) is 2.15. The summed E-state index contributed by atoms with van der Waals surface area (Å²) in [6, 6.07) is 1.96. The molecule has 1 aliphatic heterocycles. The van der Waals surface area contributed by atoms with Crippen molar-refractivity contribution in [1.29, 1.82) is 0 Å². The Morgan fingerprint density at radius 3 is 2.80 bits per heavy atom. The quantitative estimate of drug-likeness (QED) is 0.825. The third-order valence-electron chi connectivity index (χ3n) is 2.65. The maximum absolute atomic E-state index is 5.87. The molecule has 82 valence electrons. The van der Waals surface area contributed by atoms with Crippen molar-refractivity contribution in [1.82, 2.24) is 9.88 Å². The van der Waals surface area contributed by atoms with Crippen molar-refractivity contribution in [2.75, 3.05) is 20.1 Å². The van der Waals surface area contributed by atoms with Gasteiger partial charge in [0.25, 0.3) is 0 Å². The first-order valence-electron chi connectivity index (χ1n) is 5.20. The Morgan fingerprint density at radius 1 is 1.40 bits per heavy atom. The van der Waals surface area contributed by atoms with Crippen LogP contribution in [0.2, 0.25) is 0 Å². The van der Waals surface area contributed by atoms with Crippen molar-refractivity contribution in [2.45, 2.75) is 18.9 Å². The van der Waals surface area contributed by atoms with Crippen LogP contribution in [0.3, 0.4) is 0 Å². The molecule has 1 saturated heterocycles. The normalized spacial score (nSPS) is 19.1. The summed E-state index contributed by atoms with van der Waals surface area (Å²) in [4.78, 5) is 6.41. The molecule has 1 fully saturated rings. The largest absolute Gasteiger partial charge is 0.489 e. The molecule has 0 amide bonds. The van der Waals surface area contributed by atoms with Crippen LogP contribution in [-0.4, -0.2) is 36.1 Å². The number of halogens is 1. The van der Waals surface area contributed by atoms with E-state index in [-0.39, 0.29) is 0 Å². The Morgan fingerprint density at radius 2 is 2.13 bits per heavy atom. The fourth-order valence-corrected chi connectivity index (χ4v) is 2.10. The van der Waals surface area contributed by atoms with Crippen molar-refractivity contribution in [3.05, 3.63) is 22.9 Å². The van der Waals surface area contributed by atoms with Gasteiger partial charge in [-0.2, -0.15) is 0 Å². The Labute approximate surface area is 98.6 Å². The van der Waals surface area contributed by atoms with Gasteiger partial charge in [0.1, 0.15) is 11.9 Å². The van der Waals surface area contributed by atoms with Gasteiger partial charge < -0.3 is 9.64 Å². The molecule has 2 heterocycles. The molecule has 1 aromatic heterocycles. The third-order valence-corrected chi connectivity index (χ3v) is 3.08. The second-order valence-corrected chi connectivity index (χ2v) is 4.88. The fraction of sp³-hybridized carbons (Fsp3) is 0.545. The van der Waals surface area contributed by atoms with Crippen molar-refractivity contribution in [3.63, 3.8) is 0 Å². The van der Waals surface area contributed by atoms with E-state index in [1.807, 2.05) is 6.07 Å². The molecule has 0 aliphatic carbocycles. The lowest BCUT2D eigenvalue weighted by atomic mass is 10.1. The summed E-state index contributed by atoms with van der Waals surface area (Å²) < 4.78 is 6.83. The molecule has 1 aromatic rings. The van der Waals surface area contributed by atoms with Crippen LogP contribution in [0.4, 0.5) is 0 Å². The summed E-state index contributed by atoms with van der Waals surface area (Å²) in [5.41, 5.74) is 0. The fourth-order valence-electron chi connectivity index (χ4n) is 1.75. The maximum atomic E-state index is 5.87. The van der Waals surface area contributed by atoms with Gasteiger partial charge in [0.05, 0.1) is 6.20 Å². The van der Waals surface area contributed by atoms with Crippen molar-refractivity contribution >= 4 is 15.9 Å². The predicted molar refractivity (Wildman–Crippen MR) is 63.1 cm³/mol. The van der Waals surface area contributed by atoms with E-state index in [2.05, 4.69) is 32.9 Å². The molecule has 0 unspecified atom stereocenters. The number of rotatable bonds is 2. The first-order chi connectivity index (χ1) is 7.24. The minimum atomic E-state index is 0.345. The van der Waals surface area contributed by atoms with Gasteiger partial charge in [-0.15, -0.1) is 0 Å². The van der Waals surface area contributed by atoms with E-state index in [4.69, 9.17) is 4.74 Å². The summed E-state index contributed by atoms with van der Waals surface area (Å²) in [5, 5.41) is 0. The molecule has 15 heavy (non-hydrogen) atoms. The molecule has 0 N–H and O–H groups in total. The van der Waals surface area contributed by atoms with E-state index in [0.29, 0.717) is 6.10 Å². The molecular weight excluding hydrogens is 256 g/mol. The summed E-state index contributed by atoms with van der Waals surface area (Å²) >= 11 is 3.39.